The zero-order valence-electron chi connectivity index (χ0n) is 20.4. The van der Waals surface area contributed by atoms with Gasteiger partial charge in [-0.2, -0.15) is 0 Å². The zero-order valence-corrected chi connectivity index (χ0v) is 20.4. The molecule has 6 bridgehead atoms. The summed E-state index contributed by atoms with van der Waals surface area (Å²) >= 11 is 0. The highest BCUT2D eigenvalue weighted by Crippen LogP contribution is 2.38. The van der Waals surface area contributed by atoms with Gasteiger partial charge < -0.3 is 14.6 Å². The van der Waals surface area contributed by atoms with Crippen molar-refractivity contribution in [2.45, 2.75) is 44.6 Å². The number of nitrogens with zero attached hydrogens (tertiary/aromatic N) is 4. The Balaban J connectivity index is 1.64. The fourth-order valence-electron chi connectivity index (χ4n) is 5.41. The molecule has 2 aromatic heterocycles. The molecule has 0 aliphatic carbocycles. The van der Waals surface area contributed by atoms with Crippen molar-refractivity contribution >= 4 is 21.9 Å². The quantitative estimate of drug-likeness (QED) is 0.425. The zero-order chi connectivity index (χ0) is 25.0. The van der Waals surface area contributed by atoms with E-state index in [0.29, 0.717) is 63.8 Å². The Morgan fingerprint density at radius 2 is 2.19 bits per heavy atom. The molecule has 4 heterocycles. The third-order valence-electron chi connectivity index (χ3n) is 7.31. The van der Waals surface area contributed by atoms with Crippen LogP contribution in [-0.4, -0.2) is 62.1 Å². The van der Waals surface area contributed by atoms with Gasteiger partial charge in [0.2, 0.25) is 5.88 Å². The van der Waals surface area contributed by atoms with E-state index < -0.39 is 6.10 Å². The molecule has 4 atom stereocenters. The molecule has 0 spiro atoms. The summed E-state index contributed by atoms with van der Waals surface area (Å²) in [6.45, 7) is 7.94. The van der Waals surface area contributed by atoms with Crippen molar-refractivity contribution in [3.8, 4) is 22.9 Å². The molecule has 9 heteroatoms. The number of aromatic amines is 1. The van der Waals surface area contributed by atoms with Crippen LogP contribution in [0.5, 0.6) is 11.6 Å². The molecule has 0 radical (unpaired) electrons. The number of aliphatic hydroxyl groups excluding tert-OH is 1. The van der Waals surface area contributed by atoms with Gasteiger partial charge in [0.25, 0.3) is 5.56 Å². The maximum Gasteiger partial charge on any atom is 0.274 e. The van der Waals surface area contributed by atoms with Crippen LogP contribution in [0.1, 0.15) is 31.4 Å². The minimum atomic E-state index is -0.732. The van der Waals surface area contributed by atoms with Crippen molar-refractivity contribution in [3.05, 3.63) is 58.9 Å². The first kappa shape index (κ1) is 22.8. The van der Waals surface area contributed by atoms with Gasteiger partial charge in [-0.05, 0) is 37.1 Å². The second-order valence-corrected chi connectivity index (χ2v) is 9.62. The Labute approximate surface area is 208 Å². The van der Waals surface area contributed by atoms with Crippen LogP contribution < -0.4 is 15.0 Å². The number of aromatic nitrogens is 4. The fourth-order valence-corrected chi connectivity index (χ4v) is 5.41. The summed E-state index contributed by atoms with van der Waals surface area (Å²) in [5.41, 5.74) is 3.72. The lowest BCUT2D eigenvalue weighted by Crippen LogP contribution is -2.33. The van der Waals surface area contributed by atoms with Crippen LogP contribution in [0.15, 0.2) is 47.8 Å². The first-order valence-electron chi connectivity index (χ1n) is 12.3. The molecule has 4 aromatic rings. The van der Waals surface area contributed by atoms with Crippen LogP contribution in [0, 0.1) is 0 Å². The number of aliphatic hydroxyl groups is 1. The molecular formula is C27H29N5O4. The van der Waals surface area contributed by atoms with E-state index in [0.717, 1.165) is 25.1 Å². The average Bonchev–Trinajstić information content (AvgIpc) is 3.39. The first-order chi connectivity index (χ1) is 17.5. The summed E-state index contributed by atoms with van der Waals surface area (Å²) in [5.74, 6) is 0.911. The van der Waals surface area contributed by atoms with E-state index in [1.807, 2.05) is 30.3 Å². The van der Waals surface area contributed by atoms with Crippen LogP contribution in [0.25, 0.3) is 33.2 Å². The maximum atomic E-state index is 13.2. The second kappa shape index (κ2) is 8.76. The van der Waals surface area contributed by atoms with Crippen molar-refractivity contribution in [1.82, 2.24) is 24.6 Å². The smallest absolute Gasteiger partial charge is 0.274 e. The lowest BCUT2D eigenvalue weighted by molar-refractivity contribution is 0.178. The monoisotopic (exact) mass is 487 g/mol. The second-order valence-electron chi connectivity index (χ2n) is 9.62. The predicted octanol–water partition coefficient (Wildman–Crippen LogP) is 3.41. The molecule has 0 saturated carbocycles. The van der Waals surface area contributed by atoms with Crippen LogP contribution in [0.4, 0.5) is 0 Å². The first-order valence-corrected chi connectivity index (χ1v) is 12.3. The van der Waals surface area contributed by atoms with E-state index in [4.69, 9.17) is 19.4 Å². The summed E-state index contributed by atoms with van der Waals surface area (Å²) < 4.78 is 13.9. The largest absolute Gasteiger partial charge is 0.487 e. The summed E-state index contributed by atoms with van der Waals surface area (Å²) in [4.78, 5) is 25.3. The standard InChI is InChI=1S/C27H29N5O4/c1-4-6-21(33)16-12-20-25-22(13-16)36-17-11-15(2)31(14-17)9-10-32-27(34)19-8-5-7-18(23(19)30-32)24(29-25)26(28-20)35-3/h4-5,7-8,12-13,15,17,21,30,33H,1,6,9-11,14H2,2-3H3/t15-,17?,21?/m1/s1. The van der Waals surface area contributed by atoms with E-state index in [1.165, 1.54) is 0 Å². The Kier molecular flexibility index (Phi) is 5.54. The van der Waals surface area contributed by atoms with E-state index in [9.17, 15) is 9.90 Å². The van der Waals surface area contributed by atoms with Crippen molar-refractivity contribution in [3.63, 3.8) is 0 Å². The Bertz CT molecular complexity index is 1540. The van der Waals surface area contributed by atoms with Crippen LogP contribution >= 0.6 is 0 Å². The van der Waals surface area contributed by atoms with Crippen LogP contribution in [-0.2, 0) is 6.54 Å². The molecular weight excluding hydrogens is 458 g/mol. The van der Waals surface area contributed by atoms with E-state index in [1.54, 1.807) is 17.9 Å². The number of ether oxygens (including phenoxy) is 2. The highest BCUT2D eigenvalue weighted by Gasteiger charge is 2.32. The Hall–Kier alpha value is -3.69. The average molecular weight is 488 g/mol. The number of hydrogen-bond acceptors (Lipinski definition) is 7. The summed E-state index contributed by atoms with van der Waals surface area (Å²) in [7, 11) is 1.55. The molecule has 6 rings (SSSR count). The normalized spacial score (nSPS) is 22.0. The molecule has 3 unspecified atom stereocenters. The Morgan fingerprint density at radius 3 is 3.00 bits per heavy atom. The number of hydrogen-bond donors (Lipinski definition) is 2. The van der Waals surface area contributed by atoms with Gasteiger partial charge in [-0.1, -0.05) is 18.2 Å². The van der Waals surface area contributed by atoms with Gasteiger partial charge in [0.1, 0.15) is 23.1 Å². The van der Waals surface area contributed by atoms with E-state index in [2.05, 4.69) is 23.5 Å². The number of methoxy groups -OCH3 is 1. The van der Waals surface area contributed by atoms with E-state index >= 15 is 0 Å². The SMILES string of the molecule is C=CCC(O)c1cc2c3nc(c(OC)nc3c1)-c1cccc3c(=O)n([nH]c13)CCN1CC(C[C@H]1C)O2. The van der Waals surface area contributed by atoms with Gasteiger partial charge in [-0.3, -0.25) is 19.5 Å². The van der Waals surface area contributed by atoms with Gasteiger partial charge in [0, 0.05) is 31.1 Å². The van der Waals surface area contributed by atoms with Crippen molar-refractivity contribution in [2.75, 3.05) is 20.2 Å². The number of rotatable bonds is 4. The number of nitrogens with one attached hydrogen (secondary N) is 1. The lowest BCUT2D eigenvalue weighted by atomic mass is 10.0. The summed E-state index contributed by atoms with van der Waals surface area (Å²) in [6, 6.07) is 9.56. The molecule has 186 valence electrons. The molecule has 36 heavy (non-hydrogen) atoms. The van der Waals surface area contributed by atoms with Crippen molar-refractivity contribution < 1.29 is 14.6 Å². The topological polar surface area (TPSA) is 106 Å². The summed E-state index contributed by atoms with van der Waals surface area (Å²) in [6.07, 6.45) is 2.16. The van der Waals surface area contributed by atoms with Gasteiger partial charge in [0.15, 0.2) is 0 Å². The molecule has 2 aromatic carbocycles. The van der Waals surface area contributed by atoms with Gasteiger partial charge in [-0.25, -0.2) is 9.97 Å². The van der Waals surface area contributed by atoms with Crippen molar-refractivity contribution in [2.24, 2.45) is 0 Å². The van der Waals surface area contributed by atoms with Crippen LogP contribution in [0.2, 0.25) is 0 Å². The highest BCUT2D eigenvalue weighted by atomic mass is 16.5. The Morgan fingerprint density at radius 1 is 1.33 bits per heavy atom. The molecule has 0 amide bonds. The minimum absolute atomic E-state index is 0.0517. The number of H-pyrrole nitrogens is 1. The third kappa shape index (κ3) is 3.66. The molecule has 9 nitrogen and oxygen atoms in total. The summed E-state index contributed by atoms with van der Waals surface area (Å²) in [5, 5.41) is 14.6. The number of fused-ring (bicyclic) bond motifs is 5. The molecule has 2 aliphatic heterocycles. The van der Waals surface area contributed by atoms with Gasteiger partial charge >= 0.3 is 0 Å². The highest BCUT2D eigenvalue weighted by molar-refractivity contribution is 5.95. The third-order valence-corrected chi connectivity index (χ3v) is 7.31. The van der Waals surface area contributed by atoms with Gasteiger partial charge in [-0.15, -0.1) is 6.58 Å². The minimum Gasteiger partial charge on any atom is -0.487 e. The predicted molar refractivity (Wildman–Crippen MR) is 137 cm³/mol. The number of benzene rings is 2. The number of para-hydroxylation sites is 1. The van der Waals surface area contributed by atoms with Crippen LogP contribution in [0.3, 0.4) is 0 Å². The van der Waals surface area contributed by atoms with Crippen molar-refractivity contribution in [1.29, 1.82) is 0 Å². The molecule has 1 fully saturated rings. The van der Waals surface area contributed by atoms with Gasteiger partial charge in [0.05, 0.1) is 36.2 Å². The molecule has 2 aliphatic rings. The fraction of sp³-hybridized carbons (Fsp3) is 0.370. The lowest BCUT2D eigenvalue weighted by Gasteiger charge is -2.21. The molecule has 2 N–H and O–H groups in total. The maximum absolute atomic E-state index is 13.2. The molecule has 1 saturated heterocycles. The van der Waals surface area contributed by atoms with E-state index in [-0.39, 0.29) is 11.7 Å².